The van der Waals surface area contributed by atoms with Crippen LogP contribution in [0.25, 0.3) is 0 Å². The highest BCUT2D eigenvalue weighted by Gasteiger charge is 2.24. The minimum Gasteiger partial charge on any atom is -0.325 e. The van der Waals surface area contributed by atoms with Crippen LogP contribution < -0.4 is 5.32 Å². The molecule has 3 rings (SSSR count). The Morgan fingerprint density at radius 3 is 2.80 bits per heavy atom. The molecule has 1 fully saturated rings. The predicted octanol–water partition coefficient (Wildman–Crippen LogP) is 2.57. The van der Waals surface area contributed by atoms with Gasteiger partial charge in [-0.2, -0.15) is 0 Å². The Morgan fingerprint density at radius 2 is 2.16 bits per heavy atom. The molecule has 1 aromatic carbocycles. The molecule has 1 amide bonds. The zero-order valence-electron chi connectivity index (χ0n) is 13.8. The molecule has 8 nitrogen and oxygen atoms in total. The van der Waals surface area contributed by atoms with Gasteiger partial charge in [0.05, 0.1) is 11.5 Å². The van der Waals surface area contributed by atoms with E-state index in [1.165, 1.54) is 12.1 Å². The van der Waals surface area contributed by atoms with E-state index in [4.69, 9.17) is 0 Å². The summed E-state index contributed by atoms with van der Waals surface area (Å²) in [6.45, 7) is 3.89. The summed E-state index contributed by atoms with van der Waals surface area (Å²) in [5, 5.41) is 23.9. The number of likely N-dealkylation sites (tertiary alicyclic amines) is 1. The van der Waals surface area contributed by atoms with E-state index in [1.54, 1.807) is 23.5 Å². The average molecular weight is 361 g/mol. The van der Waals surface area contributed by atoms with Gasteiger partial charge in [-0.1, -0.05) is 6.07 Å². The van der Waals surface area contributed by atoms with Crippen molar-refractivity contribution in [2.45, 2.75) is 25.7 Å². The van der Waals surface area contributed by atoms with Crippen LogP contribution in [0.1, 0.15) is 28.8 Å². The lowest BCUT2D eigenvalue weighted by Gasteiger charge is -2.30. The normalized spacial score (nSPS) is 15.9. The minimum atomic E-state index is -0.477. The van der Waals surface area contributed by atoms with Crippen LogP contribution in [-0.2, 0) is 4.79 Å². The second kappa shape index (κ2) is 7.66. The van der Waals surface area contributed by atoms with Crippen molar-refractivity contribution in [2.24, 2.45) is 0 Å². The van der Waals surface area contributed by atoms with E-state index in [9.17, 15) is 14.9 Å². The number of carbonyl (C=O) groups is 1. The Balaban J connectivity index is 1.49. The third-order valence-corrected chi connectivity index (χ3v) is 5.19. The number of amides is 1. The molecule has 0 spiro atoms. The van der Waals surface area contributed by atoms with Crippen LogP contribution in [0.2, 0.25) is 0 Å². The van der Waals surface area contributed by atoms with Crippen LogP contribution >= 0.6 is 11.3 Å². The number of benzene rings is 1. The first-order chi connectivity index (χ1) is 12.0. The summed E-state index contributed by atoms with van der Waals surface area (Å²) >= 11 is 1.64. The number of anilines is 1. The predicted molar refractivity (Wildman–Crippen MR) is 94.8 cm³/mol. The van der Waals surface area contributed by atoms with Gasteiger partial charge in [0.2, 0.25) is 5.91 Å². The molecule has 1 aromatic heterocycles. The van der Waals surface area contributed by atoms with E-state index in [2.05, 4.69) is 20.4 Å². The molecule has 2 aromatic rings. The van der Waals surface area contributed by atoms with Gasteiger partial charge >= 0.3 is 0 Å². The monoisotopic (exact) mass is 361 g/mol. The van der Waals surface area contributed by atoms with Crippen molar-refractivity contribution < 1.29 is 9.72 Å². The lowest BCUT2D eigenvalue weighted by molar-refractivity contribution is -0.384. The molecule has 1 saturated heterocycles. The molecule has 0 radical (unpaired) electrons. The number of nitro groups is 1. The van der Waals surface area contributed by atoms with E-state index >= 15 is 0 Å². The van der Waals surface area contributed by atoms with Gasteiger partial charge in [0.15, 0.2) is 0 Å². The number of hydrogen-bond donors (Lipinski definition) is 1. The van der Waals surface area contributed by atoms with Gasteiger partial charge in [0.1, 0.15) is 10.0 Å². The number of aryl methyl sites for hydroxylation is 1. The number of non-ortho nitro benzene ring substituents is 1. The zero-order chi connectivity index (χ0) is 17.8. The smallest absolute Gasteiger partial charge is 0.271 e. The Bertz CT molecular complexity index is 771. The van der Waals surface area contributed by atoms with E-state index in [1.807, 2.05) is 6.92 Å². The van der Waals surface area contributed by atoms with Gasteiger partial charge in [-0.3, -0.25) is 19.8 Å². The molecule has 132 valence electrons. The van der Waals surface area contributed by atoms with Crippen molar-refractivity contribution in [3.8, 4) is 0 Å². The van der Waals surface area contributed by atoms with Gasteiger partial charge < -0.3 is 5.32 Å². The van der Waals surface area contributed by atoms with Crippen LogP contribution in [0.4, 0.5) is 11.4 Å². The first-order valence-electron chi connectivity index (χ1n) is 8.08. The maximum Gasteiger partial charge on any atom is 0.271 e. The fourth-order valence-electron chi connectivity index (χ4n) is 2.92. The summed E-state index contributed by atoms with van der Waals surface area (Å²) < 4.78 is 0. The average Bonchev–Trinajstić information content (AvgIpc) is 3.02. The van der Waals surface area contributed by atoms with Gasteiger partial charge in [0, 0.05) is 23.7 Å². The number of carbonyl (C=O) groups excluding carboxylic acids is 1. The highest BCUT2D eigenvalue weighted by atomic mass is 32.1. The summed E-state index contributed by atoms with van der Waals surface area (Å²) in [5.41, 5.74) is 0.407. The number of nitrogens with one attached hydrogen (secondary N) is 1. The largest absolute Gasteiger partial charge is 0.325 e. The number of aromatic nitrogens is 2. The van der Waals surface area contributed by atoms with Crippen molar-refractivity contribution in [2.75, 3.05) is 25.0 Å². The third-order valence-electron chi connectivity index (χ3n) is 4.19. The zero-order valence-corrected chi connectivity index (χ0v) is 14.7. The van der Waals surface area contributed by atoms with Gasteiger partial charge in [-0.25, -0.2) is 0 Å². The van der Waals surface area contributed by atoms with Crippen LogP contribution in [0.5, 0.6) is 0 Å². The van der Waals surface area contributed by atoms with Gasteiger partial charge in [-0.15, -0.1) is 21.5 Å². The Labute approximate surface area is 149 Å². The standard InChI is InChI=1S/C16H19N5O3S/c1-11-18-19-16(25-11)12-5-7-20(8-6-12)10-15(22)17-13-3-2-4-14(9-13)21(23)24/h2-4,9,12H,5-8,10H2,1H3,(H,17,22). The van der Waals surface area contributed by atoms with E-state index in [-0.39, 0.29) is 18.1 Å². The molecule has 0 unspecified atom stereocenters. The molecule has 0 atom stereocenters. The summed E-state index contributed by atoms with van der Waals surface area (Å²) in [6, 6.07) is 5.97. The minimum absolute atomic E-state index is 0.0361. The van der Waals surface area contributed by atoms with Crippen molar-refractivity contribution in [1.82, 2.24) is 15.1 Å². The van der Waals surface area contributed by atoms with Crippen molar-refractivity contribution >= 4 is 28.6 Å². The molecule has 1 aliphatic heterocycles. The molecule has 25 heavy (non-hydrogen) atoms. The molecular formula is C16H19N5O3S. The molecule has 2 heterocycles. The van der Waals surface area contributed by atoms with Crippen LogP contribution in [0.3, 0.4) is 0 Å². The third kappa shape index (κ3) is 4.58. The summed E-state index contributed by atoms with van der Waals surface area (Å²) in [5.74, 6) is 0.257. The topological polar surface area (TPSA) is 101 Å². The SMILES string of the molecule is Cc1nnc(C2CCN(CC(=O)Nc3cccc([N+](=O)[O-])c3)CC2)s1. The second-order valence-corrected chi connectivity index (χ2v) is 7.28. The van der Waals surface area contributed by atoms with E-state index in [0.717, 1.165) is 35.9 Å². The quantitative estimate of drug-likeness (QED) is 0.649. The Kier molecular flexibility index (Phi) is 5.34. The molecule has 0 saturated carbocycles. The molecular weight excluding hydrogens is 342 g/mol. The van der Waals surface area contributed by atoms with Gasteiger partial charge in [-0.05, 0) is 38.9 Å². The molecule has 9 heteroatoms. The first-order valence-corrected chi connectivity index (χ1v) is 8.89. The summed E-state index contributed by atoms with van der Waals surface area (Å²) in [4.78, 5) is 24.6. The second-order valence-electron chi connectivity index (χ2n) is 6.07. The van der Waals surface area contributed by atoms with Crippen molar-refractivity contribution in [3.05, 3.63) is 44.4 Å². The maximum absolute atomic E-state index is 12.2. The van der Waals surface area contributed by atoms with Crippen LogP contribution in [0, 0.1) is 17.0 Å². The number of rotatable bonds is 5. The van der Waals surface area contributed by atoms with E-state index < -0.39 is 4.92 Å². The van der Waals surface area contributed by atoms with Gasteiger partial charge in [0.25, 0.3) is 5.69 Å². The lowest BCUT2D eigenvalue weighted by Crippen LogP contribution is -2.38. The van der Waals surface area contributed by atoms with Crippen LogP contribution in [0.15, 0.2) is 24.3 Å². The number of nitro benzene ring substituents is 1. The summed E-state index contributed by atoms with van der Waals surface area (Å²) in [6.07, 6.45) is 1.91. The highest BCUT2D eigenvalue weighted by Crippen LogP contribution is 2.29. The first kappa shape index (κ1) is 17.4. The molecule has 0 bridgehead atoms. The van der Waals surface area contributed by atoms with Crippen molar-refractivity contribution in [3.63, 3.8) is 0 Å². The molecule has 1 N–H and O–H groups in total. The summed E-state index contributed by atoms with van der Waals surface area (Å²) in [7, 11) is 0. The maximum atomic E-state index is 12.2. The number of hydrogen-bond acceptors (Lipinski definition) is 7. The fourth-order valence-corrected chi connectivity index (χ4v) is 3.78. The van der Waals surface area contributed by atoms with Crippen LogP contribution in [-0.4, -0.2) is 45.6 Å². The highest BCUT2D eigenvalue weighted by molar-refractivity contribution is 7.11. The lowest BCUT2D eigenvalue weighted by atomic mass is 9.98. The Morgan fingerprint density at radius 1 is 1.40 bits per heavy atom. The molecule has 1 aliphatic rings. The van der Waals surface area contributed by atoms with Crippen molar-refractivity contribution in [1.29, 1.82) is 0 Å². The number of piperidine rings is 1. The fraction of sp³-hybridized carbons (Fsp3) is 0.438. The molecule has 0 aliphatic carbocycles. The number of nitrogens with zero attached hydrogens (tertiary/aromatic N) is 4. The van der Waals surface area contributed by atoms with E-state index in [0.29, 0.717) is 11.6 Å². The Hall–Kier alpha value is -2.39.